The molecule has 3 aliphatic rings. The van der Waals surface area contributed by atoms with Gasteiger partial charge in [-0.15, -0.1) is 0 Å². The zero-order valence-corrected chi connectivity index (χ0v) is 17.1. The minimum atomic E-state index is -1.00. The minimum Gasteiger partial charge on any atom is -0.349 e. The molecule has 156 valence electrons. The number of benzene rings is 1. The highest BCUT2D eigenvalue weighted by Crippen LogP contribution is 2.41. The van der Waals surface area contributed by atoms with Gasteiger partial charge in [0.2, 0.25) is 5.91 Å². The normalized spacial score (nSPS) is 27.9. The van der Waals surface area contributed by atoms with Gasteiger partial charge in [0.05, 0.1) is 6.04 Å². The van der Waals surface area contributed by atoms with E-state index in [4.69, 9.17) is 11.6 Å². The third kappa shape index (κ3) is 3.61. The quantitative estimate of drug-likeness (QED) is 0.650. The van der Waals surface area contributed by atoms with E-state index >= 15 is 0 Å². The van der Waals surface area contributed by atoms with E-state index < -0.39 is 23.5 Å². The van der Waals surface area contributed by atoms with Gasteiger partial charge in [-0.3, -0.25) is 14.9 Å². The van der Waals surface area contributed by atoms with Crippen LogP contribution in [0.2, 0.25) is 5.02 Å². The van der Waals surface area contributed by atoms with Crippen molar-refractivity contribution in [2.24, 2.45) is 11.8 Å². The fourth-order valence-electron chi connectivity index (χ4n) is 5.16. The fourth-order valence-corrected chi connectivity index (χ4v) is 5.32. The van der Waals surface area contributed by atoms with Gasteiger partial charge < -0.3 is 10.6 Å². The second-order valence-electron chi connectivity index (χ2n) is 8.53. The Morgan fingerprint density at radius 1 is 1.28 bits per heavy atom. The molecule has 3 N–H and O–H groups in total. The van der Waals surface area contributed by atoms with Gasteiger partial charge in [0, 0.05) is 16.5 Å². The zero-order valence-electron chi connectivity index (χ0n) is 16.3. The third-order valence-corrected chi connectivity index (χ3v) is 7.18. The first-order valence-corrected chi connectivity index (χ1v) is 10.6. The van der Waals surface area contributed by atoms with Crippen LogP contribution in [0.4, 0.5) is 9.18 Å². The van der Waals surface area contributed by atoms with Gasteiger partial charge in [-0.1, -0.05) is 24.4 Å². The van der Waals surface area contributed by atoms with Crippen LogP contribution in [0.5, 0.6) is 0 Å². The van der Waals surface area contributed by atoms with Gasteiger partial charge in [-0.05, 0) is 62.6 Å². The molecule has 0 aromatic heterocycles. The highest BCUT2D eigenvalue weighted by Gasteiger charge is 2.52. The van der Waals surface area contributed by atoms with Gasteiger partial charge in [0.25, 0.3) is 5.91 Å². The molecule has 2 saturated carbocycles. The van der Waals surface area contributed by atoms with Crippen molar-refractivity contribution in [2.75, 3.05) is 0 Å². The average Bonchev–Trinajstić information content (AvgIpc) is 3.39. The van der Waals surface area contributed by atoms with Gasteiger partial charge in [0.1, 0.15) is 11.4 Å². The van der Waals surface area contributed by atoms with E-state index in [0.717, 1.165) is 25.7 Å². The molecule has 1 aliphatic heterocycles. The molecular weight excluding hydrogens is 397 g/mol. The Balaban J connectivity index is 1.56. The molecule has 1 spiro atoms. The van der Waals surface area contributed by atoms with Gasteiger partial charge in [-0.25, -0.2) is 9.18 Å². The van der Waals surface area contributed by atoms with Crippen molar-refractivity contribution in [3.8, 4) is 0 Å². The molecule has 6 nitrogen and oxygen atoms in total. The van der Waals surface area contributed by atoms with Crippen molar-refractivity contribution in [3.63, 3.8) is 0 Å². The number of hydrogen-bond donors (Lipinski definition) is 3. The van der Waals surface area contributed by atoms with E-state index in [9.17, 15) is 18.8 Å². The molecule has 3 fully saturated rings. The molecule has 3 atom stereocenters. The smallest absolute Gasteiger partial charge is 0.322 e. The highest BCUT2D eigenvalue weighted by atomic mass is 35.5. The summed E-state index contributed by atoms with van der Waals surface area (Å²) in [6.07, 6.45) is 5.11. The summed E-state index contributed by atoms with van der Waals surface area (Å²) in [7, 11) is 0. The predicted molar refractivity (Wildman–Crippen MR) is 106 cm³/mol. The SMILES string of the molecule is Cc1c(Cl)ccc(F)c1[C@@H](NC(=O)[C@@H]1CC[C@@]2(C1)NC(=O)NC2=O)C1CCCC1. The summed E-state index contributed by atoms with van der Waals surface area (Å²) < 4.78 is 14.8. The minimum absolute atomic E-state index is 0.149. The van der Waals surface area contributed by atoms with Crippen molar-refractivity contribution in [1.29, 1.82) is 0 Å². The fraction of sp³-hybridized carbons (Fsp3) is 0.571. The van der Waals surface area contributed by atoms with Crippen molar-refractivity contribution in [1.82, 2.24) is 16.0 Å². The number of amides is 4. The molecule has 0 unspecified atom stereocenters. The highest BCUT2D eigenvalue weighted by molar-refractivity contribution is 6.31. The Labute approximate surface area is 173 Å². The summed E-state index contributed by atoms with van der Waals surface area (Å²) in [5.41, 5.74) is 0.102. The summed E-state index contributed by atoms with van der Waals surface area (Å²) in [4.78, 5) is 36.8. The number of hydrogen-bond acceptors (Lipinski definition) is 3. The number of rotatable bonds is 4. The first-order valence-electron chi connectivity index (χ1n) is 10.2. The van der Waals surface area contributed by atoms with Crippen molar-refractivity contribution < 1.29 is 18.8 Å². The topological polar surface area (TPSA) is 87.3 Å². The van der Waals surface area contributed by atoms with Crippen LogP contribution in [0, 0.1) is 24.6 Å². The van der Waals surface area contributed by atoms with Crippen LogP contribution in [0.15, 0.2) is 12.1 Å². The summed E-state index contributed by atoms with van der Waals surface area (Å²) in [6, 6.07) is 1.91. The van der Waals surface area contributed by atoms with E-state index in [1.54, 1.807) is 6.92 Å². The molecule has 4 rings (SSSR count). The lowest BCUT2D eigenvalue weighted by Gasteiger charge is -2.29. The van der Waals surface area contributed by atoms with Crippen LogP contribution < -0.4 is 16.0 Å². The standard InChI is InChI=1S/C21H25ClFN3O3/c1-11-14(22)6-7-15(23)16(11)17(12-4-2-3-5-12)24-18(27)13-8-9-21(10-13)19(28)25-20(29)26-21/h6-7,12-13,17H,2-5,8-10H2,1H3,(H,24,27)(H2,25,26,28,29)/t13-,17+,21+/m1/s1. The predicted octanol–water partition coefficient (Wildman–Crippen LogP) is 3.51. The molecule has 4 amide bonds. The Morgan fingerprint density at radius 2 is 2.00 bits per heavy atom. The number of carbonyl (C=O) groups excluding carboxylic acids is 3. The Hall–Kier alpha value is -2.15. The van der Waals surface area contributed by atoms with E-state index in [1.165, 1.54) is 12.1 Å². The van der Waals surface area contributed by atoms with E-state index in [-0.39, 0.29) is 30.0 Å². The number of halogens is 2. The molecular formula is C21H25ClFN3O3. The lowest BCUT2D eigenvalue weighted by atomic mass is 9.87. The summed E-state index contributed by atoms with van der Waals surface area (Å²) in [5, 5.41) is 8.48. The van der Waals surface area contributed by atoms with Crippen LogP contribution >= 0.6 is 11.6 Å². The maximum Gasteiger partial charge on any atom is 0.322 e. The van der Waals surface area contributed by atoms with Crippen molar-refractivity contribution >= 4 is 29.4 Å². The lowest BCUT2D eigenvalue weighted by Crippen LogP contribution is -2.45. The summed E-state index contributed by atoms with van der Waals surface area (Å²) >= 11 is 6.25. The maximum atomic E-state index is 14.8. The zero-order chi connectivity index (χ0) is 20.8. The van der Waals surface area contributed by atoms with Crippen LogP contribution in [0.1, 0.15) is 62.1 Å². The largest absolute Gasteiger partial charge is 0.349 e. The number of urea groups is 1. The van der Waals surface area contributed by atoms with Crippen molar-refractivity contribution in [2.45, 2.75) is 63.5 Å². The molecule has 1 aromatic rings. The second-order valence-corrected chi connectivity index (χ2v) is 8.94. The first kappa shape index (κ1) is 20.1. The van der Waals surface area contributed by atoms with Crippen LogP contribution in [0.25, 0.3) is 0 Å². The van der Waals surface area contributed by atoms with E-state index in [2.05, 4.69) is 16.0 Å². The van der Waals surface area contributed by atoms with Crippen LogP contribution in [-0.2, 0) is 9.59 Å². The lowest BCUT2D eigenvalue weighted by molar-refractivity contribution is -0.126. The molecule has 0 bridgehead atoms. The van der Waals surface area contributed by atoms with E-state index in [0.29, 0.717) is 29.0 Å². The molecule has 0 radical (unpaired) electrons. The van der Waals surface area contributed by atoms with Crippen LogP contribution in [0.3, 0.4) is 0 Å². The third-order valence-electron chi connectivity index (χ3n) is 6.78. The molecule has 8 heteroatoms. The molecule has 2 aliphatic carbocycles. The summed E-state index contributed by atoms with van der Waals surface area (Å²) in [6.45, 7) is 1.78. The second kappa shape index (κ2) is 7.59. The molecule has 1 saturated heterocycles. The Bertz CT molecular complexity index is 871. The van der Waals surface area contributed by atoms with Crippen molar-refractivity contribution in [3.05, 3.63) is 34.1 Å². The van der Waals surface area contributed by atoms with Gasteiger partial charge >= 0.3 is 6.03 Å². The molecule has 1 heterocycles. The molecule has 29 heavy (non-hydrogen) atoms. The van der Waals surface area contributed by atoms with Gasteiger partial charge in [-0.2, -0.15) is 0 Å². The number of nitrogens with one attached hydrogen (secondary N) is 3. The van der Waals surface area contributed by atoms with Crippen LogP contribution in [-0.4, -0.2) is 23.4 Å². The summed E-state index contributed by atoms with van der Waals surface area (Å²) in [5.74, 6) is -1.20. The van der Waals surface area contributed by atoms with E-state index in [1.807, 2.05) is 0 Å². The monoisotopic (exact) mass is 421 g/mol. The Kier molecular flexibility index (Phi) is 5.27. The molecule has 1 aromatic carbocycles. The first-order chi connectivity index (χ1) is 13.8. The number of imide groups is 1. The van der Waals surface area contributed by atoms with Gasteiger partial charge in [0.15, 0.2) is 0 Å². The number of carbonyl (C=O) groups is 3. The Morgan fingerprint density at radius 3 is 2.66 bits per heavy atom. The maximum absolute atomic E-state index is 14.8. The average molecular weight is 422 g/mol.